The highest BCUT2D eigenvalue weighted by Gasteiger charge is 2.21. The van der Waals surface area contributed by atoms with Crippen LogP contribution in [0.15, 0.2) is 0 Å². The molecule has 0 aliphatic rings. The van der Waals surface area contributed by atoms with Crippen LogP contribution in [0.25, 0.3) is 0 Å². The number of nitrogens with zero attached hydrogens (tertiary/aromatic N) is 2. The van der Waals surface area contributed by atoms with Crippen LogP contribution in [-0.2, 0) is 24.0 Å². The van der Waals surface area contributed by atoms with Crippen LogP contribution in [0.4, 0.5) is 0 Å². The van der Waals surface area contributed by atoms with Gasteiger partial charge in [0, 0.05) is 13.1 Å². The molecular weight excluding hydrogens is 304 g/mol. The van der Waals surface area contributed by atoms with Crippen molar-refractivity contribution >= 4 is 29.8 Å². The lowest BCUT2D eigenvalue weighted by Gasteiger charge is -2.24. The number of rotatable bonds is 11. The second-order valence-corrected chi connectivity index (χ2v) is 4.28. The quantitative estimate of drug-likeness (QED) is 0.307. The van der Waals surface area contributed by atoms with E-state index in [0.717, 1.165) is 4.90 Å². The van der Waals surface area contributed by atoms with Crippen LogP contribution >= 0.6 is 0 Å². The van der Waals surface area contributed by atoms with Gasteiger partial charge in [0.25, 0.3) is 0 Å². The van der Waals surface area contributed by atoms with E-state index in [-0.39, 0.29) is 13.1 Å². The summed E-state index contributed by atoms with van der Waals surface area (Å²) in [6.07, 6.45) is -0.912. The number of hydrogen-bond donors (Lipinski definition) is 4. The van der Waals surface area contributed by atoms with Gasteiger partial charge >= 0.3 is 23.9 Å². The lowest BCUT2D eigenvalue weighted by molar-refractivity contribution is -0.149. The van der Waals surface area contributed by atoms with Crippen LogP contribution in [0.1, 0.15) is 6.42 Å². The van der Waals surface area contributed by atoms with Crippen LogP contribution in [0.5, 0.6) is 0 Å². The summed E-state index contributed by atoms with van der Waals surface area (Å²) in [5, 5.41) is 34.5. The minimum atomic E-state index is -1.44. The predicted molar refractivity (Wildman–Crippen MR) is 68.2 cm³/mol. The molecule has 1 amide bonds. The van der Waals surface area contributed by atoms with Gasteiger partial charge in [0.15, 0.2) is 0 Å². The van der Waals surface area contributed by atoms with E-state index in [1.807, 2.05) is 0 Å². The lowest BCUT2D eigenvalue weighted by Crippen LogP contribution is -2.44. The highest BCUT2D eigenvalue weighted by molar-refractivity contribution is 5.94. The molecule has 0 bridgehead atoms. The molecule has 0 atom stereocenters. The molecule has 0 aromatic rings. The van der Waals surface area contributed by atoms with Gasteiger partial charge in [-0.25, -0.2) is 0 Å². The van der Waals surface area contributed by atoms with Gasteiger partial charge in [-0.2, -0.15) is 0 Å². The Morgan fingerprint density at radius 1 is 0.636 bits per heavy atom. The molecule has 0 saturated heterocycles. The fraction of sp³-hybridized carbons (Fsp3) is 0.545. The Labute approximate surface area is 124 Å². The maximum absolute atomic E-state index is 11.6. The predicted octanol–water partition coefficient (Wildman–Crippen LogP) is -2.15. The second kappa shape index (κ2) is 9.28. The molecule has 0 aromatic carbocycles. The Bertz CT molecular complexity index is 446. The summed E-state index contributed by atoms with van der Waals surface area (Å²) >= 11 is 0. The Balaban J connectivity index is 4.76. The zero-order chi connectivity index (χ0) is 17.3. The fourth-order valence-electron chi connectivity index (χ4n) is 1.56. The molecule has 11 nitrogen and oxygen atoms in total. The van der Waals surface area contributed by atoms with Gasteiger partial charge in [-0.15, -0.1) is 0 Å². The lowest BCUT2D eigenvalue weighted by atomic mass is 10.3. The van der Waals surface area contributed by atoms with Crippen molar-refractivity contribution in [2.24, 2.45) is 0 Å². The summed E-state index contributed by atoms with van der Waals surface area (Å²) in [7, 11) is 0. The third-order valence-electron chi connectivity index (χ3n) is 2.39. The van der Waals surface area contributed by atoms with Gasteiger partial charge < -0.3 is 25.3 Å². The summed E-state index contributed by atoms with van der Waals surface area (Å²) in [5.74, 6) is -6.35. The number of carbonyl (C=O) groups excluding carboxylic acids is 1. The Morgan fingerprint density at radius 3 is 1.45 bits per heavy atom. The van der Waals surface area contributed by atoms with Gasteiger partial charge in [-0.05, 0) is 0 Å². The molecule has 0 heterocycles. The molecule has 0 aromatic heterocycles. The smallest absolute Gasteiger partial charge is 0.323 e. The zero-order valence-electron chi connectivity index (χ0n) is 11.5. The molecule has 0 unspecified atom stereocenters. The van der Waals surface area contributed by atoms with E-state index in [1.54, 1.807) is 0 Å². The first kappa shape index (κ1) is 19.3. The highest BCUT2D eigenvalue weighted by Crippen LogP contribution is 1.98. The van der Waals surface area contributed by atoms with Gasteiger partial charge in [0.2, 0.25) is 5.91 Å². The van der Waals surface area contributed by atoms with Crippen LogP contribution < -0.4 is 0 Å². The third-order valence-corrected chi connectivity index (χ3v) is 2.39. The van der Waals surface area contributed by atoms with Gasteiger partial charge in [-0.3, -0.25) is 28.9 Å². The van der Waals surface area contributed by atoms with Crippen molar-refractivity contribution in [3.05, 3.63) is 0 Å². The minimum absolute atomic E-state index is 0.225. The van der Waals surface area contributed by atoms with Crippen LogP contribution in [0.3, 0.4) is 0 Å². The maximum atomic E-state index is 11.6. The molecule has 0 spiro atoms. The molecule has 0 radical (unpaired) electrons. The molecule has 0 aliphatic carbocycles. The third kappa shape index (κ3) is 9.25. The van der Waals surface area contributed by atoms with Crippen molar-refractivity contribution in [2.45, 2.75) is 6.42 Å². The van der Waals surface area contributed by atoms with Crippen molar-refractivity contribution in [3.63, 3.8) is 0 Å². The average Bonchev–Trinajstić information content (AvgIpc) is 2.31. The summed E-state index contributed by atoms with van der Waals surface area (Å²) in [4.78, 5) is 55.6. The molecule has 0 aliphatic heterocycles. The number of carboxylic acids is 4. The molecule has 0 saturated carbocycles. The van der Waals surface area contributed by atoms with Crippen molar-refractivity contribution in [1.29, 1.82) is 0 Å². The summed E-state index contributed by atoms with van der Waals surface area (Å²) < 4.78 is 0. The van der Waals surface area contributed by atoms with E-state index in [2.05, 4.69) is 0 Å². The number of carbonyl (C=O) groups is 5. The molecule has 11 heteroatoms. The normalized spacial score (nSPS) is 10.2. The van der Waals surface area contributed by atoms with Crippen molar-refractivity contribution in [1.82, 2.24) is 9.80 Å². The number of hydrogen-bond acceptors (Lipinski definition) is 6. The van der Waals surface area contributed by atoms with Gasteiger partial charge in [-0.1, -0.05) is 0 Å². The molecular formula is C11H16N2O9. The first-order valence-corrected chi connectivity index (χ1v) is 5.99. The topological polar surface area (TPSA) is 173 Å². The minimum Gasteiger partial charge on any atom is -0.481 e. The van der Waals surface area contributed by atoms with E-state index in [1.165, 1.54) is 0 Å². The van der Waals surface area contributed by atoms with Crippen molar-refractivity contribution in [3.8, 4) is 0 Å². The largest absolute Gasteiger partial charge is 0.481 e. The fourth-order valence-corrected chi connectivity index (χ4v) is 1.56. The van der Waals surface area contributed by atoms with Crippen LogP contribution in [0, 0.1) is 0 Å². The summed E-state index contributed by atoms with van der Waals surface area (Å²) in [6, 6.07) is 0. The van der Waals surface area contributed by atoms with Crippen molar-refractivity contribution < 1.29 is 44.4 Å². The zero-order valence-corrected chi connectivity index (χ0v) is 11.5. The number of amides is 1. The maximum Gasteiger partial charge on any atom is 0.323 e. The molecule has 124 valence electrons. The first-order chi connectivity index (χ1) is 10.1. The van der Waals surface area contributed by atoms with Gasteiger partial charge in [0.05, 0.1) is 13.1 Å². The highest BCUT2D eigenvalue weighted by atomic mass is 16.4. The second-order valence-electron chi connectivity index (χ2n) is 4.28. The van der Waals surface area contributed by atoms with Gasteiger partial charge in [0.1, 0.15) is 13.0 Å². The molecule has 0 fully saturated rings. The van der Waals surface area contributed by atoms with Crippen LogP contribution in [0.2, 0.25) is 0 Å². The van der Waals surface area contributed by atoms with Crippen LogP contribution in [-0.4, -0.2) is 92.7 Å². The SMILES string of the molecule is O=C(O)CC(=O)N(CCN(CC(=O)O)CC(=O)O)CC(=O)O. The molecule has 4 N–H and O–H groups in total. The number of aliphatic carboxylic acids is 4. The summed E-state index contributed by atoms with van der Waals surface area (Å²) in [5.41, 5.74) is 0. The standard InChI is InChI=1S/C11H16N2O9/c14-7(3-8(15)16)13(6-11(21)22)2-1-12(4-9(17)18)5-10(19)20/h1-6H2,(H,15,16)(H,17,18)(H,19,20)(H,21,22). The van der Waals surface area contributed by atoms with E-state index >= 15 is 0 Å². The Morgan fingerprint density at radius 2 is 1.09 bits per heavy atom. The first-order valence-electron chi connectivity index (χ1n) is 5.99. The van der Waals surface area contributed by atoms with E-state index in [4.69, 9.17) is 20.4 Å². The monoisotopic (exact) mass is 320 g/mol. The van der Waals surface area contributed by atoms with E-state index < -0.39 is 55.8 Å². The molecule has 22 heavy (non-hydrogen) atoms. The molecule has 0 rings (SSSR count). The van der Waals surface area contributed by atoms with Crippen molar-refractivity contribution in [2.75, 3.05) is 32.7 Å². The average molecular weight is 320 g/mol. The van der Waals surface area contributed by atoms with E-state index in [0.29, 0.717) is 4.90 Å². The van der Waals surface area contributed by atoms with E-state index in [9.17, 15) is 24.0 Å². The Kier molecular flexibility index (Phi) is 8.15. The summed E-state index contributed by atoms with van der Waals surface area (Å²) in [6.45, 7) is -2.52. The number of carboxylic acid groups (broad SMARTS) is 4. The Hall–Kier alpha value is -2.69.